The predicted molar refractivity (Wildman–Crippen MR) is 65.0 cm³/mol. The topological polar surface area (TPSA) is 50.3 Å². The van der Waals surface area contributed by atoms with E-state index in [4.69, 9.17) is 4.74 Å². The van der Waals surface area contributed by atoms with Crippen molar-refractivity contribution in [1.29, 1.82) is 0 Å². The van der Waals surface area contributed by atoms with Crippen molar-refractivity contribution in [1.82, 2.24) is 15.5 Å². The molecule has 0 atom stereocenters. The monoisotopic (exact) mass is 278 g/mol. The number of nitrogens with one attached hydrogen (secondary N) is 1. The number of likely N-dealkylation sites (N-methyl/N-ethyl adjacent to an activating group) is 1. The summed E-state index contributed by atoms with van der Waals surface area (Å²) in [6.45, 7) is 2.64. The lowest BCUT2D eigenvalue weighted by atomic mass is 10.3. The summed E-state index contributed by atoms with van der Waals surface area (Å²) in [5, 5.41) is 9.86. The first-order chi connectivity index (χ1) is 8.95. The third-order valence-corrected chi connectivity index (χ3v) is 2.44. The maximum atomic E-state index is 12.3. The largest absolute Gasteiger partial charge is 0.435 e. The fourth-order valence-electron chi connectivity index (χ4n) is 1.34. The van der Waals surface area contributed by atoms with Gasteiger partial charge < -0.3 is 15.0 Å². The molecule has 0 unspecified atom stereocenters. The van der Waals surface area contributed by atoms with Crippen molar-refractivity contribution in [3.05, 3.63) is 17.8 Å². The Hall–Kier alpha value is -1.41. The zero-order valence-corrected chi connectivity index (χ0v) is 10.9. The van der Waals surface area contributed by atoms with Gasteiger partial charge in [-0.25, -0.2) is 0 Å². The van der Waals surface area contributed by atoms with Gasteiger partial charge in [0.05, 0.1) is 6.61 Å². The molecular weight excluding hydrogens is 261 g/mol. The summed E-state index contributed by atoms with van der Waals surface area (Å²) in [7, 11) is 3.36. The van der Waals surface area contributed by atoms with Crippen LogP contribution >= 0.6 is 0 Å². The molecule has 1 aromatic heterocycles. The number of ether oxygens (including phenoxy) is 1. The molecule has 0 spiro atoms. The van der Waals surface area contributed by atoms with Crippen LogP contribution < -0.4 is 10.2 Å². The average molecular weight is 278 g/mol. The fraction of sp³-hybridized carbons (Fsp3) is 0.636. The summed E-state index contributed by atoms with van der Waals surface area (Å²) in [6.07, 6.45) is -4.45. The molecule has 0 radical (unpaired) electrons. The van der Waals surface area contributed by atoms with E-state index < -0.39 is 11.9 Å². The molecule has 19 heavy (non-hydrogen) atoms. The van der Waals surface area contributed by atoms with Crippen LogP contribution in [0.3, 0.4) is 0 Å². The molecule has 0 saturated carbocycles. The number of hydrogen-bond donors (Lipinski definition) is 1. The van der Waals surface area contributed by atoms with Gasteiger partial charge in [0.25, 0.3) is 0 Å². The number of aromatic nitrogens is 2. The molecule has 1 N–H and O–H groups in total. The SMILES string of the molecule is COCCNCCN(C)c1ccc(C(F)(F)F)nn1. The molecule has 1 rings (SSSR count). The molecular formula is C11H17F3N4O. The van der Waals surface area contributed by atoms with Gasteiger partial charge in [-0.05, 0) is 12.1 Å². The molecule has 0 aliphatic heterocycles. The van der Waals surface area contributed by atoms with Gasteiger partial charge in [0.1, 0.15) is 0 Å². The smallest absolute Gasteiger partial charge is 0.383 e. The minimum Gasteiger partial charge on any atom is -0.383 e. The third-order valence-electron chi connectivity index (χ3n) is 2.44. The predicted octanol–water partition coefficient (Wildman–Crippen LogP) is 1.17. The van der Waals surface area contributed by atoms with E-state index in [0.717, 1.165) is 12.6 Å². The Morgan fingerprint density at radius 1 is 1.26 bits per heavy atom. The highest BCUT2D eigenvalue weighted by Crippen LogP contribution is 2.27. The number of hydrogen-bond acceptors (Lipinski definition) is 5. The lowest BCUT2D eigenvalue weighted by molar-refractivity contribution is -0.141. The second-order valence-corrected chi connectivity index (χ2v) is 3.94. The number of anilines is 1. The van der Waals surface area contributed by atoms with Crippen molar-refractivity contribution in [2.45, 2.75) is 6.18 Å². The number of rotatable bonds is 7. The summed E-state index contributed by atoms with van der Waals surface area (Å²) >= 11 is 0. The van der Waals surface area contributed by atoms with E-state index in [9.17, 15) is 13.2 Å². The van der Waals surface area contributed by atoms with Gasteiger partial charge in [-0.3, -0.25) is 0 Å². The van der Waals surface area contributed by atoms with E-state index >= 15 is 0 Å². The maximum Gasteiger partial charge on any atom is 0.435 e. The van der Waals surface area contributed by atoms with E-state index in [-0.39, 0.29) is 0 Å². The first-order valence-corrected chi connectivity index (χ1v) is 5.77. The molecule has 0 aromatic carbocycles. The van der Waals surface area contributed by atoms with Crippen molar-refractivity contribution < 1.29 is 17.9 Å². The zero-order chi connectivity index (χ0) is 14.3. The Balaban J connectivity index is 2.42. The van der Waals surface area contributed by atoms with Crippen LogP contribution in [0.5, 0.6) is 0 Å². The lowest BCUT2D eigenvalue weighted by Gasteiger charge is -2.18. The molecule has 0 aliphatic rings. The van der Waals surface area contributed by atoms with E-state index in [1.807, 2.05) is 0 Å². The van der Waals surface area contributed by atoms with Crippen molar-refractivity contribution >= 4 is 5.82 Å². The van der Waals surface area contributed by atoms with E-state index in [1.165, 1.54) is 6.07 Å². The van der Waals surface area contributed by atoms with Crippen LogP contribution in [0.25, 0.3) is 0 Å². The van der Waals surface area contributed by atoms with Gasteiger partial charge in [-0.1, -0.05) is 0 Å². The molecule has 0 aliphatic carbocycles. The maximum absolute atomic E-state index is 12.3. The molecule has 108 valence electrons. The zero-order valence-electron chi connectivity index (χ0n) is 10.9. The third kappa shape index (κ3) is 5.39. The number of nitrogens with zero attached hydrogens (tertiary/aromatic N) is 3. The van der Waals surface area contributed by atoms with Gasteiger partial charge in [-0.2, -0.15) is 13.2 Å². The second-order valence-electron chi connectivity index (χ2n) is 3.94. The van der Waals surface area contributed by atoms with Crippen LogP contribution in [0.4, 0.5) is 19.0 Å². The van der Waals surface area contributed by atoms with Crippen LogP contribution in [-0.2, 0) is 10.9 Å². The molecule has 1 heterocycles. The summed E-state index contributed by atoms with van der Waals surface area (Å²) in [5.41, 5.74) is -0.983. The molecule has 1 aromatic rings. The highest BCUT2D eigenvalue weighted by Gasteiger charge is 2.32. The molecule has 0 bridgehead atoms. The van der Waals surface area contributed by atoms with Crippen LogP contribution in [-0.4, -0.2) is 50.6 Å². The molecule has 0 amide bonds. The van der Waals surface area contributed by atoms with Crippen molar-refractivity contribution in [2.24, 2.45) is 0 Å². The Morgan fingerprint density at radius 2 is 2.00 bits per heavy atom. The summed E-state index contributed by atoms with van der Waals surface area (Å²) in [5.74, 6) is 0.404. The summed E-state index contributed by atoms with van der Waals surface area (Å²) in [6, 6.07) is 2.24. The minimum absolute atomic E-state index is 0.404. The van der Waals surface area contributed by atoms with Gasteiger partial charge in [0.2, 0.25) is 0 Å². The fourth-order valence-corrected chi connectivity index (χ4v) is 1.34. The van der Waals surface area contributed by atoms with Crippen LogP contribution in [0, 0.1) is 0 Å². The van der Waals surface area contributed by atoms with E-state index in [1.54, 1.807) is 19.1 Å². The van der Waals surface area contributed by atoms with Gasteiger partial charge in [0.15, 0.2) is 11.5 Å². The Morgan fingerprint density at radius 3 is 2.53 bits per heavy atom. The number of alkyl halides is 3. The molecule has 0 saturated heterocycles. The molecule has 5 nitrogen and oxygen atoms in total. The average Bonchev–Trinajstić information content (AvgIpc) is 2.37. The summed E-state index contributed by atoms with van der Waals surface area (Å²) < 4.78 is 41.8. The number of methoxy groups -OCH3 is 1. The Kier molecular flexibility index (Phi) is 5.97. The van der Waals surface area contributed by atoms with Gasteiger partial charge >= 0.3 is 6.18 Å². The Labute approximate surface area is 109 Å². The molecule has 0 fully saturated rings. The second kappa shape index (κ2) is 7.25. The quantitative estimate of drug-likeness (QED) is 0.759. The van der Waals surface area contributed by atoms with E-state index in [0.29, 0.717) is 25.5 Å². The molecule has 8 heteroatoms. The highest BCUT2D eigenvalue weighted by atomic mass is 19.4. The van der Waals surface area contributed by atoms with Crippen molar-refractivity contribution in [3.8, 4) is 0 Å². The van der Waals surface area contributed by atoms with E-state index in [2.05, 4.69) is 15.5 Å². The number of halogens is 3. The lowest BCUT2D eigenvalue weighted by Crippen LogP contribution is -2.31. The highest BCUT2D eigenvalue weighted by molar-refractivity contribution is 5.36. The Bertz CT molecular complexity index is 369. The summed E-state index contributed by atoms with van der Waals surface area (Å²) in [4.78, 5) is 1.73. The van der Waals surface area contributed by atoms with Crippen molar-refractivity contribution in [3.63, 3.8) is 0 Å². The minimum atomic E-state index is -4.45. The standard InChI is InChI=1S/C11H17F3N4O/c1-18(7-5-15-6-8-19-2)10-4-3-9(16-17-10)11(12,13)14/h3-4,15H,5-8H2,1-2H3. The first kappa shape index (κ1) is 15.6. The van der Waals surface area contributed by atoms with Gasteiger partial charge in [-0.15, -0.1) is 10.2 Å². The normalized spacial score (nSPS) is 11.6. The van der Waals surface area contributed by atoms with Crippen LogP contribution in [0.15, 0.2) is 12.1 Å². The van der Waals surface area contributed by atoms with Gasteiger partial charge in [0, 0.05) is 33.8 Å². The van der Waals surface area contributed by atoms with Crippen LogP contribution in [0.1, 0.15) is 5.69 Å². The van der Waals surface area contributed by atoms with Crippen molar-refractivity contribution in [2.75, 3.05) is 45.3 Å². The van der Waals surface area contributed by atoms with Crippen LogP contribution in [0.2, 0.25) is 0 Å². The first-order valence-electron chi connectivity index (χ1n) is 5.77.